The monoisotopic (exact) mass is 447 g/mol. The third kappa shape index (κ3) is 7.38. The quantitative estimate of drug-likeness (QED) is 0.161. The Kier molecular flexibility index (Phi) is 8.88. The molecule has 0 saturated heterocycles. The van der Waals surface area contributed by atoms with Crippen molar-refractivity contribution in [1.29, 1.82) is 0 Å². The molecule has 0 unspecified atom stereocenters. The molecule has 1 N–H and O–H groups in total. The summed E-state index contributed by atoms with van der Waals surface area (Å²) in [6.07, 6.45) is 4.82. The standard InChI is InChI=1S/C27H29NO5/c1-3-5-6-16-32-23-13-10-20(11-14-23)27(30)33-25-15-12-21(26(29)18-25)19-28-22-8-7-9-24(17-22)31-4-2/h7-15,17-19,29H,3-6,16H2,1-2H3. The molecule has 6 nitrogen and oxygen atoms in total. The van der Waals surface area contributed by atoms with Crippen LogP contribution in [0.15, 0.2) is 71.7 Å². The average molecular weight is 448 g/mol. The fourth-order valence-electron chi connectivity index (χ4n) is 3.06. The van der Waals surface area contributed by atoms with Crippen LogP contribution in [0.4, 0.5) is 5.69 Å². The molecule has 0 aliphatic rings. The summed E-state index contributed by atoms with van der Waals surface area (Å²) in [5.74, 6) is 1.14. The summed E-state index contributed by atoms with van der Waals surface area (Å²) >= 11 is 0. The Balaban J connectivity index is 1.59. The Labute approximate surface area is 194 Å². The van der Waals surface area contributed by atoms with Gasteiger partial charge in [-0.2, -0.15) is 0 Å². The van der Waals surface area contributed by atoms with Gasteiger partial charge in [-0.1, -0.05) is 25.8 Å². The van der Waals surface area contributed by atoms with E-state index in [1.165, 1.54) is 6.07 Å². The van der Waals surface area contributed by atoms with Gasteiger partial charge < -0.3 is 19.3 Å². The highest BCUT2D eigenvalue weighted by Gasteiger charge is 2.10. The van der Waals surface area contributed by atoms with Gasteiger partial charge in [0.05, 0.1) is 24.5 Å². The third-order valence-corrected chi connectivity index (χ3v) is 4.80. The molecule has 0 saturated carbocycles. The van der Waals surface area contributed by atoms with E-state index in [2.05, 4.69) is 11.9 Å². The number of phenols is 1. The average Bonchev–Trinajstić information content (AvgIpc) is 2.82. The highest BCUT2D eigenvalue weighted by atomic mass is 16.5. The zero-order valence-corrected chi connectivity index (χ0v) is 19.0. The number of carbonyl (C=O) groups is 1. The van der Waals surface area contributed by atoms with E-state index in [4.69, 9.17) is 14.2 Å². The number of aromatic hydroxyl groups is 1. The van der Waals surface area contributed by atoms with Gasteiger partial charge in [0, 0.05) is 23.9 Å². The van der Waals surface area contributed by atoms with E-state index in [0.717, 1.165) is 30.8 Å². The van der Waals surface area contributed by atoms with Gasteiger partial charge in [-0.25, -0.2) is 4.79 Å². The van der Waals surface area contributed by atoms with Crippen molar-refractivity contribution in [3.63, 3.8) is 0 Å². The van der Waals surface area contributed by atoms with Crippen molar-refractivity contribution in [2.24, 2.45) is 4.99 Å². The normalized spacial score (nSPS) is 10.8. The Morgan fingerprint density at radius 1 is 0.909 bits per heavy atom. The number of nitrogens with zero attached hydrogens (tertiary/aromatic N) is 1. The molecule has 3 aromatic carbocycles. The van der Waals surface area contributed by atoms with Gasteiger partial charge in [0.25, 0.3) is 0 Å². The first kappa shape index (κ1) is 23.9. The van der Waals surface area contributed by atoms with Crippen molar-refractivity contribution in [3.8, 4) is 23.0 Å². The minimum Gasteiger partial charge on any atom is -0.507 e. The Bertz CT molecular complexity index is 1080. The van der Waals surface area contributed by atoms with Gasteiger partial charge in [0.1, 0.15) is 23.0 Å². The van der Waals surface area contributed by atoms with Crippen molar-refractivity contribution in [2.45, 2.75) is 33.1 Å². The molecule has 0 atom stereocenters. The number of rotatable bonds is 11. The van der Waals surface area contributed by atoms with Crippen molar-refractivity contribution in [3.05, 3.63) is 77.9 Å². The first-order chi connectivity index (χ1) is 16.1. The first-order valence-corrected chi connectivity index (χ1v) is 11.1. The summed E-state index contributed by atoms with van der Waals surface area (Å²) in [5.41, 5.74) is 1.60. The predicted molar refractivity (Wildman–Crippen MR) is 129 cm³/mol. The van der Waals surface area contributed by atoms with Crippen LogP contribution in [0.2, 0.25) is 0 Å². The second kappa shape index (κ2) is 12.3. The van der Waals surface area contributed by atoms with Gasteiger partial charge >= 0.3 is 5.97 Å². The van der Waals surface area contributed by atoms with E-state index < -0.39 is 5.97 Å². The molecule has 0 fully saturated rings. The van der Waals surface area contributed by atoms with Gasteiger partial charge in [0.15, 0.2) is 0 Å². The fraction of sp³-hybridized carbons (Fsp3) is 0.259. The van der Waals surface area contributed by atoms with E-state index in [1.807, 2.05) is 31.2 Å². The molecule has 3 rings (SSSR count). The second-order valence-corrected chi connectivity index (χ2v) is 7.38. The molecule has 0 amide bonds. The van der Waals surface area contributed by atoms with Crippen LogP contribution in [0, 0.1) is 0 Å². The van der Waals surface area contributed by atoms with E-state index >= 15 is 0 Å². The second-order valence-electron chi connectivity index (χ2n) is 7.38. The van der Waals surface area contributed by atoms with Crippen LogP contribution in [0.3, 0.4) is 0 Å². The fourth-order valence-corrected chi connectivity index (χ4v) is 3.06. The number of esters is 1. The summed E-state index contributed by atoms with van der Waals surface area (Å²) in [5, 5.41) is 10.3. The number of unbranched alkanes of at least 4 members (excludes halogenated alkanes) is 2. The van der Waals surface area contributed by atoms with Crippen LogP contribution in [-0.4, -0.2) is 30.5 Å². The van der Waals surface area contributed by atoms with Gasteiger partial charge in [-0.05, 0) is 61.9 Å². The Morgan fingerprint density at radius 3 is 2.42 bits per heavy atom. The summed E-state index contributed by atoms with van der Waals surface area (Å²) in [7, 11) is 0. The summed E-state index contributed by atoms with van der Waals surface area (Å²) in [6, 6.07) is 18.8. The molecule has 33 heavy (non-hydrogen) atoms. The van der Waals surface area contributed by atoms with E-state index in [0.29, 0.717) is 30.0 Å². The van der Waals surface area contributed by atoms with Gasteiger partial charge in [-0.15, -0.1) is 0 Å². The number of aliphatic imine (C=N–C) groups is 1. The van der Waals surface area contributed by atoms with Crippen LogP contribution in [-0.2, 0) is 0 Å². The molecule has 0 aliphatic heterocycles. The molecule has 0 aliphatic carbocycles. The molecule has 0 bridgehead atoms. The van der Waals surface area contributed by atoms with Crippen molar-refractivity contribution in [1.82, 2.24) is 0 Å². The Morgan fingerprint density at radius 2 is 1.70 bits per heavy atom. The SMILES string of the molecule is CCCCCOc1ccc(C(=O)Oc2ccc(C=Nc3cccc(OCC)c3)c(O)c2)cc1. The minimum atomic E-state index is -0.513. The first-order valence-electron chi connectivity index (χ1n) is 11.1. The number of phenolic OH excluding ortho intramolecular Hbond substituents is 1. The maximum Gasteiger partial charge on any atom is 0.343 e. The van der Waals surface area contributed by atoms with E-state index in [-0.39, 0.29) is 11.5 Å². The summed E-state index contributed by atoms with van der Waals surface area (Å²) < 4.78 is 16.5. The number of hydrogen-bond acceptors (Lipinski definition) is 6. The maximum absolute atomic E-state index is 12.4. The largest absolute Gasteiger partial charge is 0.507 e. The Hall–Kier alpha value is -3.80. The van der Waals surface area contributed by atoms with Crippen LogP contribution < -0.4 is 14.2 Å². The third-order valence-electron chi connectivity index (χ3n) is 4.80. The van der Waals surface area contributed by atoms with Crippen molar-refractivity contribution in [2.75, 3.05) is 13.2 Å². The maximum atomic E-state index is 12.4. The van der Waals surface area contributed by atoms with E-state index in [1.54, 1.807) is 42.6 Å². The highest BCUT2D eigenvalue weighted by Crippen LogP contribution is 2.25. The zero-order chi connectivity index (χ0) is 23.5. The molecule has 3 aromatic rings. The zero-order valence-electron chi connectivity index (χ0n) is 19.0. The number of ether oxygens (including phenoxy) is 3. The molecule has 0 heterocycles. The molecular formula is C27H29NO5. The lowest BCUT2D eigenvalue weighted by molar-refractivity contribution is 0.0734. The molecule has 0 spiro atoms. The van der Waals surface area contributed by atoms with Crippen molar-refractivity contribution >= 4 is 17.9 Å². The van der Waals surface area contributed by atoms with Crippen LogP contribution in [0.1, 0.15) is 49.0 Å². The van der Waals surface area contributed by atoms with Crippen LogP contribution >= 0.6 is 0 Å². The number of benzene rings is 3. The van der Waals surface area contributed by atoms with Gasteiger partial charge in [0.2, 0.25) is 0 Å². The van der Waals surface area contributed by atoms with Crippen molar-refractivity contribution < 1.29 is 24.1 Å². The lowest BCUT2D eigenvalue weighted by Crippen LogP contribution is -2.08. The molecule has 6 heteroatoms. The summed E-state index contributed by atoms with van der Waals surface area (Å²) in [4.78, 5) is 16.8. The molecule has 0 aromatic heterocycles. The highest BCUT2D eigenvalue weighted by molar-refractivity contribution is 5.91. The number of carbonyl (C=O) groups excluding carboxylic acids is 1. The lowest BCUT2D eigenvalue weighted by atomic mass is 10.2. The smallest absolute Gasteiger partial charge is 0.343 e. The molecule has 172 valence electrons. The van der Waals surface area contributed by atoms with Gasteiger partial charge in [-0.3, -0.25) is 4.99 Å². The molecular weight excluding hydrogens is 418 g/mol. The summed E-state index contributed by atoms with van der Waals surface area (Å²) in [6.45, 7) is 5.29. The van der Waals surface area contributed by atoms with Crippen LogP contribution in [0.25, 0.3) is 0 Å². The number of hydrogen-bond donors (Lipinski definition) is 1. The van der Waals surface area contributed by atoms with Crippen LogP contribution in [0.5, 0.6) is 23.0 Å². The lowest BCUT2D eigenvalue weighted by Gasteiger charge is -2.08. The predicted octanol–water partition coefficient (Wildman–Crippen LogP) is 6.33. The minimum absolute atomic E-state index is 0.0409. The van der Waals surface area contributed by atoms with E-state index in [9.17, 15) is 9.90 Å². The molecule has 0 radical (unpaired) electrons. The topological polar surface area (TPSA) is 77.4 Å².